The maximum absolute atomic E-state index is 6.25. The molecule has 0 bridgehead atoms. The van der Waals surface area contributed by atoms with Gasteiger partial charge in [-0.05, 0) is 37.4 Å². The van der Waals surface area contributed by atoms with E-state index in [-0.39, 0.29) is 5.41 Å². The molecule has 1 atom stereocenters. The van der Waals surface area contributed by atoms with Crippen LogP contribution in [0.25, 0.3) is 0 Å². The molecule has 0 aliphatic rings. The average Bonchev–Trinajstić information content (AvgIpc) is 2.21. The molecule has 1 unspecified atom stereocenters. The molecule has 90 valence electrons. The van der Waals surface area contributed by atoms with Crippen LogP contribution in [-0.4, -0.2) is 13.1 Å². The first-order chi connectivity index (χ1) is 7.38. The molecule has 0 aromatic heterocycles. The lowest BCUT2D eigenvalue weighted by atomic mass is 9.79. The van der Waals surface area contributed by atoms with Gasteiger partial charge in [0.15, 0.2) is 0 Å². The highest BCUT2D eigenvalue weighted by molar-refractivity contribution is 6.42. The zero-order valence-electron chi connectivity index (χ0n) is 10.3. The molecule has 1 aromatic rings. The van der Waals surface area contributed by atoms with Crippen LogP contribution in [0.5, 0.6) is 0 Å². The van der Waals surface area contributed by atoms with Crippen LogP contribution in [0.3, 0.4) is 0 Å². The van der Waals surface area contributed by atoms with E-state index in [1.165, 1.54) is 0 Å². The van der Waals surface area contributed by atoms with Crippen molar-refractivity contribution in [2.24, 2.45) is 0 Å². The van der Waals surface area contributed by atoms with Crippen molar-refractivity contribution < 1.29 is 0 Å². The fourth-order valence-corrected chi connectivity index (χ4v) is 2.56. The van der Waals surface area contributed by atoms with Gasteiger partial charge in [0.1, 0.15) is 0 Å². The standard InChI is InChI=1S/C13H19Cl2N/c1-9(16-4)8-13(2,3)10-6-5-7-11(14)12(10)15/h5-7,9,16H,8H2,1-4H3. The van der Waals surface area contributed by atoms with Gasteiger partial charge >= 0.3 is 0 Å². The van der Waals surface area contributed by atoms with E-state index in [1.54, 1.807) is 0 Å². The monoisotopic (exact) mass is 259 g/mol. The van der Waals surface area contributed by atoms with Gasteiger partial charge in [-0.1, -0.05) is 49.2 Å². The summed E-state index contributed by atoms with van der Waals surface area (Å²) in [7, 11) is 1.97. The summed E-state index contributed by atoms with van der Waals surface area (Å²) in [5, 5.41) is 4.56. The van der Waals surface area contributed by atoms with Crippen LogP contribution in [0.2, 0.25) is 10.0 Å². The average molecular weight is 260 g/mol. The molecule has 0 spiro atoms. The minimum absolute atomic E-state index is 0.0183. The highest BCUT2D eigenvalue weighted by Gasteiger charge is 2.25. The summed E-state index contributed by atoms with van der Waals surface area (Å²) in [6.45, 7) is 6.55. The molecule has 0 saturated heterocycles. The predicted molar refractivity (Wildman–Crippen MR) is 72.6 cm³/mol. The third-order valence-electron chi connectivity index (χ3n) is 2.99. The molecular formula is C13H19Cl2N. The molecule has 0 fully saturated rings. The highest BCUT2D eigenvalue weighted by Crippen LogP contribution is 2.37. The molecule has 3 heteroatoms. The van der Waals surface area contributed by atoms with Crippen LogP contribution in [0.4, 0.5) is 0 Å². The van der Waals surface area contributed by atoms with Gasteiger partial charge in [0, 0.05) is 6.04 Å². The lowest BCUT2D eigenvalue weighted by Gasteiger charge is -2.29. The molecule has 1 N–H and O–H groups in total. The fourth-order valence-electron chi connectivity index (χ4n) is 2.00. The number of benzene rings is 1. The number of rotatable bonds is 4. The van der Waals surface area contributed by atoms with Crippen LogP contribution in [0, 0.1) is 0 Å². The molecule has 1 nitrogen and oxygen atoms in total. The summed E-state index contributed by atoms with van der Waals surface area (Å²) in [5.41, 5.74) is 1.13. The van der Waals surface area contributed by atoms with Crippen LogP contribution in [0.15, 0.2) is 18.2 Å². The van der Waals surface area contributed by atoms with Crippen molar-refractivity contribution in [3.05, 3.63) is 33.8 Å². The highest BCUT2D eigenvalue weighted by atomic mass is 35.5. The van der Waals surface area contributed by atoms with Gasteiger partial charge in [-0.25, -0.2) is 0 Å². The van der Waals surface area contributed by atoms with Crippen molar-refractivity contribution >= 4 is 23.2 Å². The minimum Gasteiger partial charge on any atom is -0.317 e. The minimum atomic E-state index is 0.0183. The van der Waals surface area contributed by atoms with Gasteiger partial charge in [0.25, 0.3) is 0 Å². The van der Waals surface area contributed by atoms with Crippen molar-refractivity contribution in [2.75, 3.05) is 7.05 Å². The summed E-state index contributed by atoms with van der Waals surface area (Å²) in [5.74, 6) is 0. The van der Waals surface area contributed by atoms with E-state index in [4.69, 9.17) is 23.2 Å². The first kappa shape index (κ1) is 13.8. The third-order valence-corrected chi connectivity index (χ3v) is 3.81. The van der Waals surface area contributed by atoms with Crippen molar-refractivity contribution in [2.45, 2.75) is 38.6 Å². The van der Waals surface area contributed by atoms with Crippen molar-refractivity contribution in [1.82, 2.24) is 5.32 Å². The Labute approximate surface area is 108 Å². The van der Waals surface area contributed by atoms with E-state index >= 15 is 0 Å². The Morgan fingerprint density at radius 2 is 1.94 bits per heavy atom. The second kappa shape index (κ2) is 5.39. The fraction of sp³-hybridized carbons (Fsp3) is 0.538. The van der Waals surface area contributed by atoms with Gasteiger partial charge in [-0.15, -0.1) is 0 Å². The van der Waals surface area contributed by atoms with Gasteiger partial charge < -0.3 is 5.32 Å². The molecule has 0 amide bonds. The predicted octanol–water partition coefficient (Wildman–Crippen LogP) is 4.27. The Kier molecular flexibility index (Phi) is 4.66. The Balaban J connectivity index is 3.02. The summed E-state index contributed by atoms with van der Waals surface area (Å²) in [4.78, 5) is 0. The SMILES string of the molecule is CNC(C)CC(C)(C)c1cccc(Cl)c1Cl. The second-order valence-corrected chi connectivity index (χ2v) is 5.66. The second-order valence-electron chi connectivity index (χ2n) is 4.88. The molecule has 0 radical (unpaired) electrons. The number of hydrogen-bond acceptors (Lipinski definition) is 1. The summed E-state index contributed by atoms with van der Waals surface area (Å²) in [6.07, 6.45) is 1.02. The molecule has 0 aliphatic carbocycles. The molecule has 0 heterocycles. The van der Waals surface area contributed by atoms with Crippen molar-refractivity contribution in [3.8, 4) is 0 Å². The van der Waals surface area contributed by atoms with Crippen molar-refractivity contribution in [3.63, 3.8) is 0 Å². The van der Waals surface area contributed by atoms with Crippen molar-refractivity contribution in [1.29, 1.82) is 0 Å². The molecule has 1 aromatic carbocycles. The number of nitrogens with one attached hydrogen (secondary N) is 1. The maximum atomic E-state index is 6.25. The molecule has 1 rings (SSSR count). The number of hydrogen-bond donors (Lipinski definition) is 1. The number of halogens is 2. The Bertz CT molecular complexity index is 361. The first-order valence-corrected chi connectivity index (χ1v) is 6.26. The van der Waals surface area contributed by atoms with Gasteiger partial charge in [0.2, 0.25) is 0 Å². The lowest BCUT2D eigenvalue weighted by Crippen LogP contribution is -2.31. The normalized spacial score (nSPS) is 13.9. The van der Waals surface area contributed by atoms with Gasteiger partial charge in [-0.2, -0.15) is 0 Å². The third kappa shape index (κ3) is 3.13. The van der Waals surface area contributed by atoms with E-state index < -0.39 is 0 Å². The molecule has 0 aliphatic heterocycles. The lowest BCUT2D eigenvalue weighted by molar-refractivity contribution is 0.405. The summed E-state index contributed by atoms with van der Waals surface area (Å²) >= 11 is 12.3. The summed E-state index contributed by atoms with van der Waals surface area (Å²) < 4.78 is 0. The first-order valence-electron chi connectivity index (χ1n) is 5.50. The Morgan fingerprint density at radius 3 is 2.50 bits per heavy atom. The molecule has 0 saturated carbocycles. The topological polar surface area (TPSA) is 12.0 Å². The molecular weight excluding hydrogens is 241 g/mol. The van der Waals surface area contributed by atoms with E-state index in [0.29, 0.717) is 16.1 Å². The zero-order chi connectivity index (χ0) is 12.3. The smallest absolute Gasteiger partial charge is 0.0629 e. The molecule has 16 heavy (non-hydrogen) atoms. The zero-order valence-corrected chi connectivity index (χ0v) is 11.8. The van der Waals surface area contributed by atoms with E-state index in [1.807, 2.05) is 19.2 Å². The quantitative estimate of drug-likeness (QED) is 0.852. The maximum Gasteiger partial charge on any atom is 0.0629 e. The van der Waals surface area contributed by atoms with Crippen LogP contribution < -0.4 is 5.32 Å². The van der Waals surface area contributed by atoms with Gasteiger partial charge in [-0.3, -0.25) is 0 Å². The van der Waals surface area contributed by atoms with E-state index in [2.05, 4.69) is 32.2 Å². The van der Waals surface area contributed by atoms with Crippen LogP contribution in [-0.2, 0) is 5.41 Å². The summed E-state index contributed by atoms with van der Waals surface area (Å²) in [6, 6.07) is 6.28. The van der Waals surface area contributed by atoms with Crippen LogP contribution in [0.1, 0.15) is 32.8 Å². The Morgan fingerprint density at radius 1 is 1.31 bits per heavy atom. The van der Waals surface area contributed by atoms with E-state index in [9.17, 15) is 0 Å². The largest absolute Gasteiger partial charge is 0.317 e. The van der Waals surface area contributed by atoms with Crippen LogP contribution >= 0.6 is 23.2 Å². The Hall–Kier alpha value is -0.240. The van der Waals surface area contributed by atoms with E-state index in [0.717, 1.165) is 12.0 Å². The van der Waals surface area contributed by atoms with Gasteiger partial charge in [0.05, 0.1) is 10.0 Å².